The van der Waals surface area contributed by atoms with Crippen LogP contribution in [0.25, 0.3) is 28.1 Å². The van der Waals surface area contributed by atoms with Crippen molar-refractivity contribution in [3.05, 3.63) is 42.6 Å². The number of imidazole rings is 1. The van der Waals surface area contributed by atoms with Crippen molar-refractivity contribution in [2.45, 2.75) is 0 Å². The molecule has 4 rings (SSSR count). The fourth-order valence-electron chi connectivity index (χ4n) is 2.48. The molecule has 0 saturated carbocycles. The molecule has 0 amide bonds. The number of nitrogens with one attached hydrogen (secondary N) is 1. The first-order chi connectivity index (χ1) is 10.7. The highest BCUT2D eigenvalue weighted by atomic mass is 19.1. The number of furan rings is 1. The molecule has 0 radical (unpaired) electrons. The van der Waals surface area contributed by atoms with Crippen molar-refractivity contribution in [3.63, 3.8) is 0 Å². The van der Waals surface area contributed by atoms with Crippen LogP contribution in [0, 0.1) is 5.95 Å². The van der Waals surface area contributed by atoms with Gasteiger partial charge in [0.25, 0.3) is 0 Å². The Hall–Kier alpha value is -3.09. The summed E-state index contributed by atoms with van der Waals surface area (Å²) in [5.74, 6) is 0.732. The molecule has 0 aliphatic rings. The molecular weight excluding hydrogens is 287 g/mol. The molecule has 4 aromatic rings. The van der Waals surface area contributed by atoms with Crippen molar-refractivity contribution < 1.29 is 13.9 Å². The largest absolute Gasteiger partial charge is 0.508 e. The maximum Gasteiger partial charge on any atom is 0.217 e. The third-order valence-corrected chi connectivity index (χ3v) is 3.45. The van der Waals surface area contributed by atoms with Crippen molar-refractivity contribution in [2.24, 2.45) is 0 Å². The van der Waals surface area contributed by atoms with Crippen LogP contribution in [0.4, 0.5) is 10.2 Å². The van der Waals surface area contributed by atoms with Crippen molar-refractivity contribution in [1.29, 1.82) is 0 Å². The van der Waals surface area contributed by atoms with E-state index in [2.05, 4.69) is 15.3 Å². The summed E-state index contributed by atoms with van der Waals surface area (Å²) in [7, 11) is 1.74. The minimum Gasteiger partial charge on any atom is -0.508 e. The fraction of sp³-hybridized carbons (Fsp3) is 0.0667. The van der Waals surface area contributed by atoms with E-state index in [9.17, 15) is 9.50 Å². The quantitative estimate of drug-likeness (QED) is 0.556. The van der Waals surface area contributed by atoms with Crippen molar-refractivity contribution >= 4 is 22.4 Å². The lowest BCUT2D eigenvalue weighted by atomic mass is 10.2. The Morgan fingerprint density at radius 2 is 2.14 bits per heavy atom. The summed E-state index contributed by atoms with van der Waals surface area (Å²) in [6.07, 6.45) is 1.36. The number of fused-ring (bicyclic) bond motifs is 2. The third kappa shape index (κ3) is 1.79. The van der Waals surface area contributed by atoms with Crippen LogP contribution in [-0.2, 0) is 0 Å². The van der Waals surface area contributed by atoms with Gasteiger partial charge in [-0.25, -0.2) is 9.97 Å². The number of aromatic hydroxyl groups is 1. The standard InChI is InChI=1S/C15H11FN4O2/c1-17-15-14(19-13-6-12(16)18-7-20(13)15)11-5-8-4-9(21)2-3-10(8)22-11/h2-7,17,21H,1H3. The Morgan fingerprint density at radius 3 is 2.95 bits per heavy atom. The first-order valence-corrected chi connectivity index (χ1v) is 6.60. The molecule has 0 aliphatic carbocycles. The lowest BCUT2D eigenvalue weighted by Crippen LogP contribution is -1.97. The lowest BCUT2D eigenvalue weighted by molar-refractivity contribution is 0.476. The Bertz CT molecular complexity index is 1010. The zero-order valence-corrected chi connectivity index (χ0v) is 11.5. The minimum absolute atomic E-state index is 0.162. The van der Waals surface area contributed by atoms with Crippen molar-refractivity contribution in [3.8, 4) is 17.2 Å². The van der Waals surface area contributed by atoms with Gasteiger partial charge in [0.1, 0.15) is 34.8 Å². The number of halogens is 1. The number of nitrogens with zero attached hydrogens (tertiary/aromatic N) is 3. The van der Waals surface area contributed by atoms with E-state index in [4.69, 9.17) is 4.42 Å². The molecule has 110 valence electrons. The number of rotatable bonds is 2. The highest BCUT2D eigenvalue weighted by Crippen LogP contribution is 2.33. The zero-order chi connectivity index (χ0) is 15.3. The molecule has 0 spiro atoms. The summed E-state index contributed by atoms with van der Waals surface area (Å²) in [5, 5.41) is 13.3. The van der Waals surface area contributed by atoms with Gasteiger partial charge in [0.05, 0.1) is 0 Å². The highest BCUT2D eigenvalue weighted by molar-refractivity contribution is 5.86. The smallest absolute Gasteiger partial charge is 0.217 e. The maximum atomic E-state index is 13.3. The molecule has 0 aliphatic heterocycles. The van der Waals surface area contributed by atoms with E-state index >= 15 is 0 Å². The average Bonchev–Trinajstić information content (AvgIpc) is 3.06. The summed E-state index contributed by atoms with van der Waals surface area (Å²) in [6.45, 7) is 0. The predicted octanol–water partition coefficient (Wildman–Crippen LogP) is 3.03. The van der Waals surface area contributed by atoms with E-state index < -0.39 is 5.95 Å². The van der Waals surface area contributed by atoms with E-state index in [0.29, 0.717) is 28.5 Å². The zero-order valence-electron chi connectivity index (χ0n) is 11.5. The van der Waals surface area contributed by atoms with Gasteiger partial charge in [-0.05, 0) is 24.3 Å². The normalized spacial score (nSPS) is 11.4. The van der Waals surface area contributed by atoms with Crippen LogP contribution in [0.3, 0.4) is 0 Å². The SMILES string of the molecule is CNc1c(-c2cc3cc(O)ccc3o2)nc2cc(F)ncn12. The first kappa shape index (κ1) is 12.6. The Labute approximate surface area is 123 Å². The molecule has 7 heteroatoms. The van der Waals surface area contributed by atoms with Gasteiger partial charge in [0, 0.05) is 18.5 Å². The second kappa shape index (κ2) is 4.45. The molecule has 0 atom stereocenters. The van der Waals surface area contributed by atoms with Crippen LogP contribution < -0.4 is 5.32 Å². The fourth-order valence-corrected chi connectivity index (χ4v) is 2.48. The summed E-state index contributed by atoms with van der Waals surface area (Å²) in [5.41, 5.74) is 1.61. The van der Waals surface area contributed by atoms with Gasteiger partial charge in [-0.1, -0.05) is 0 Å². The molecule has 3 aromatic heterocycles. The molecule has 0 unspecified atom stereocenters. The first-order valence-electron chi connectivity index (χ1n) is 6.60. The molecule has 3 heterocycles. The van der Waals surface area contributed by atoms with Gasteiger partial charge in [-0.3, -0.25) is 4.40 Å². The Morgan fingerprint density at radius 1 is 1.27 bits per heavy atom. The predicted molar refractivity (Wildman–Crippen MR) is 79.4 cm³/mol. The summed E-state index contributed by atoms with van der Waals surface area (Å²) in [4.78, 5) is 8.03. The highest BCUT2D eigenvalue weighted by Gasteiger charge is 2.17. The van der Waals surface area contributed by atoms with Gasteiger partial charge >= 0.3 is 0 Å². The van der Waals surface area contributed by atoms with E-state index in [1.807, 2.05) is 0 Å². The van der Waals surface area contributed by atoms with E-state index in [1.165, 1.54) is 12.4 Å². The van der Waals surface area contributed by atoms with Gasteiger partial charge in [0.2, 0.25) is 5.95 Å². The number of hydrogen-bond acceptors (Lipinski definition) is 5. The molecule has 22 heavy (non-hydrogen) atoms. The van der Waals surface area contributed by atoms with Crippen LogP contribution in [0.15, 0.2) is 41.1 Å². The van der Waals surface area contributed by atoms with E-state index in [1.54, 1.807) is 35.7 Å². The van der Waals surface area contributed by atoms with Crippen LogP contribution in [0.1, 0.15) is 0 Å². The van der Waals surface area contributed by atoms with Crippen molar-refractivity contribution in [2.75, 3.05) is 12.4 Å². The second-order valence-electron chi connectivity index (χ2n) is 4.83. The molecular formula is C15H11FN4O2. The summed E-state index contributed by atoms with van der Waals surface area (Å²) >= 11 is 0. The Balaban J connectivity index is 1.98. The number of hydrogen-bond donors (Lipinski definition) is 2. The number of phenols is 1. The number of benzene rings is 1. The topological polar surface area (TPSA) is 75.6 Å². The van der Waals surface area contributed by atoms with Gasteiger partial charge < -0.3 is 14.8 Å². The van der Waals surface area contributed by atoms with Gasteiger partial charge in [-0.2, -0.15) is 4.39 Å². The third-order valence-electron chi connectivity index (χ3n) is 3.45. The molecule has 6 nitrogen and oxygen atoms in total. The average molecular weight is 298 g/mol. The van der Waals surface area contributed by atoms with Crippen LogP contribution in [0.2, 0.25) is 0 Å². The molecule has 0 fully saturated rings. The van der Waals surface area contributed by atoms with Gasteiger partial charge in [0.15, 0.2) is 5.76 Å². The minimum atomic E-state index is -0.596. The summed E-state index contributed by atoms with van der Waals surface area (Å²) in [6, 6.07) is 7.88. The molecule has 0 saturated heterocycles. The van der Waals surface area contributed by atoms with Gasteiger partial charge in [-0.15, -0.1) is 0 Å². The number of aromatic nitrogens is 3. The monoisotopic (exact) mass is 298 g/mol. The van der Waals surface area contributed by atoms with E-state index in [0.717, 1.165) is 5.39 Å². The number of anilines is 1. The van der Waals surface area contributed by atoms with Crippen LogP contribution in [-0.4, -0.2) is 26.5 Å². The second-order valence-corrected chi connectivity index (χ2v) is 4.83. The molecule has 0 bridgehead atoms. The summed E-state index contributed by atoms with van der Waals surface area (Å²) < 4.78 is 20.7. The van der Waals surface area contributed by atoms with Crippen molar-refractivity contribution in [1.82, 2.24) is 14.4 Å². The maximum absolute atomic E-state index is 13.3. The Kier molecular flexibility index (Phi) is 2.56. The number of phenolic OH excluding ortho intramolecular Hbond substituents is 1. The lowest BCUT2D eigenvalue weighted by Gasteiger charge is -2.01. The van der Waals surface area contributed by atoms with E-state index in [-0.39, 0.29) is 5.75 Å². The molecule has 2 N–H and O–H groups in total. The van der Waals surface area contributed by atoms with Crippen LogP contribution >= 0.6 is 0 Å². The molecule has 1 aromatic carbocycles. The van der Waals surface area contributed by atoms with Crippen LogP contribution in [0.5, 0.6) is 5.75 Å².